The molecule has 0 N–H and O–H groups in total. The predicted octanol–water partition coefficient (Wildman–Crippen LogP) is 7.92. The van der Waals surface area contributed by atoms with E-state index in [4.69, 9.17) is 0 Å². The molecule has 0 heteroatoms. The minimum atomic E-state index is 0.172. The van der Waals surface area contributed by atoms with Crippen LogP contribution in [0.5, 0.6) is 0 Å². The summed E-state index contributed by atoms with van der Waals surface area (Å²) >= 11 is 0. The van der Waals surface area contributed by atoms with Crippen LogP contribution >= 0.6 is 0 Å². The summed E-state index contributed by atoms with van der Waals surface area (Å²) in [5, 5.41) is 0. The Balaban J connectivity index is 2.10. The number of rotatable bonds is 2. The Morgan fingerprint density at radius 1 is 0.852 bits per heavy atom. The lowest BCUT2D eigenvalue weighted by Crippen LogP contribution is -2.18. The van der Waals surface area contributed by atoms with E-state index in [1.807, 2.05) is 0 Å². The topological polar surface area (TPSA) is 0 Å². The summed E-state index contributed by atoms with van der Waals surface area (Å²) in [7, 11) is 0. The van der Waals surface area contributed by atoms with Crippen molar-refractivity contribution in [3.63, 3.8) is 0 Å². The molecule has 1 aromatic rings. The Labute approximate surface area is 168 Å². The molecule has 0 bridgehead atoms. The number of fused-ring (bicyclic) bond motifs is 1. The lowest BCUT2D eigenvalue weighted by atomic mass is 9.75. The van der Waals surface area contributed by atoms with Crippen molar-refractivity contribution in [3.8, 4) is 0 Å². The third kappa shape index (κ3) is 4.25. The summed E-state index contributed by atoms with van der Waals surface area (Å²) < 4.78 is 0. The predicted molar refractivity (Wildman–Crippen MR) is 120 cm³/mol. The van der Waals surface area contributed by atoms with E-state index in [2.05, 4.69) is 92.7 Å². The summed E-state index contributed by atoms with van der Waals surface area (Å²) in [6.07, 6.45) is 7.75. The van der Waals surface area contributed by atoms with Crippen molar-refractivity contribution in [2.75, 3.05) is 0 Å². The molecule has 27 heavy (non-hydrogen) atoms. The maximum atomic E-state index is 2.55. The Morgan fingerprint density at radius 3 is 1.89 bits per heavy atom. The van der Waals surface area contributed by atoms with Crippen molar-refractivity contribution in [1.82, 2.24) is 0 Å². The SMILES string of the molecule is CC1=CC2CC(C(C)C)CC2C(c2cc(C(C)(C)C)cc(C(C)(C)C)c2)=C1. The molecule has 2 aliphatic carbocycles. The van der Waals surface area contributed by atoms with Crippen LogP contribution in [-0.2, 0) is 10.8 Å². The molecule has 0 nitrogen and oxygen atoms in total. The van der Waals surface area contributed by atoms with Gasteiger partial charge in [-0.05, 0) is 76.5 Å². The second-order valence-corrected chi connectivity index (χ2v) is 11.6. The molecule has 3 rings (SSSR count). The van der Waals surface area contributed by atoms with Crippen LogP contribution in [0.3, 0.4) is 0 Å². The van der Waals surface area contributed by atoms with Crippen LogP contribution in [0.2, 0.25) is 0 Å². The van der Waals surface area contributed by atoms with Gasteiger partial charge in [-0.15, -0.1) is 0 Å². The Bertz CT molecular complexity index is 726. The molecule has 3 unspecified atom stereocenters. The molecule has 1 aromatic carbocycles. The van der Waals surface area contributed by atoms with Gasteiger partial charge in [0.1, 0.15) is 0 Å². The van der Waals surface area contributed by atoms with Crippen molar-refractivity contribution < 1.29 is 0 Å². The quantitative estimate of drug-likeness (QED) is 0.500. The van der Waals surface area contributed by atoms with E-state index in [1.165, 1.54) is 35.1 Å². The summed E-state index contributed by atoms with van der Waals surface area (Å²) in [5.74, 6) is 3.08. The van der Waals surface area contributed by atoms with E-state index in [-0.39, 0.29) is 10.8 Å². The maximum Gasteiger partial charge on any atom is -0.00899 e. The summed E-state index contributed by atoms with van der Waals surface area (Å²) in [4.78, 5) is 0. The molecule has 2 aliphatic rings. The summed E-state index contributed by atoms with van der Waals surface area (Å²) in [6.45, 7) is 21.1. The fourth-order valence-corrected chi connectivity index (χ4v) is 4.89. The molecule has 1 fully saturated rings. The first-order chi connectivity index (χ1) is 12.4. The number of benzene rings is 1. The molecule has 1 saturated carbocycles. The number of hydrogen-bond acceptors (Lipinski definition) is 0. The minimum absolute atomic E-state index is 0.172. The smallest absolute Gasteiger partial charge is 0.00899 e. The second-order valence-electron chi connectivity index (χ2n) is 11.6. The minimum Gasteiger partial charge on any atom is -0.0778 e. The zero-order valence-corrected chi connectivity index (χ0v) is 19.1. The van der Waals surface area contributed by atoms with Gasteiger partial charge >= 0.3 is 0 Å². The van der Waals surface area contributed by atoms with Crippen LogP contribution in [0.4, 0.5) is 0 Å². The molecule has 0 aliphatic heterocycles. The lowest BCUT2D eigenvalue weighted by molar-refractivity contribution is 0.386. The molecule has 0 aromatic heterocycles. The van der Waals surface area contributed by atoms with E-state index >= 15 is 0 Å². The molecule has 148 valence electrons. The maximum absolute atomic E-state index is 2.55. The van der Waals surface area contributed by atoms with E-state index in [0.717, 1.165) is 17.8 Å². The first kappa shape index (κ1) is 20.4. The summed E-state index contributed by atoms with van der Waals surface area (Å²) in [5.41, 5.74) is 7.80. The first-order valence-corrected chi connectivity index (χ1v) is 10.9. The van der Waals surface area contributed by atoms with Crippen molar-refractivity contribution in [2.45, 2.75) is 86.0 Å². The zero-order chi connectivity index (χ0) is 20.1. The lowest BCUT2D eigenvalue weighted by Gasteiger charge is -2.30. The van der Waals surface area contributed by atoms with Gasteiger partial charge in [-0.2, -0.15) is 0 Å². The van der Waals surface area contributed by atoms with Crippen molar-refractivity contribution in [2.24, 2.45) is 23.7 Å². The van der Waals surface area contributed by atoms with Gasteiger partial charge in [0.15, 0.2) is 0 Å². The highest BCUT2D eigenvalue weighted by Gasteiger charge is 2.38. The second kappa shape index (κ2) is 6.94. The largest absolute Gasteiger partial charge is 0.0778 e. The van der Waals surface area contributed by atoms with Crippen LogP contribution < -0.4 is 0 Å². The number of allylic oxidation sites excluding steroid dienone is 4. The molecule has 0 spiro atoms. The zero-order valence-electron chi connectivity index (χ0n) is 19.1. The van der Waals surface area contributed by atoms with Crippen LogP contribution in [-0.4, -0.2) is 0 Å². The highest BCUT2D eigenvalue weighted by atomic mass is 14.4. The van der Waals surface area contributed by atoms with E-state index in [1.54, 1.807) is 5.57 Å². The normalized spacial score (nSPS) is 26.1. The monoisotopic (exact) mass is 364 g/mol. The van der Waals surface area contributed by atoms with Crippen molar-refractivity contribution in [3.05, 3.63) is 52.6 Å². The molecule has 0 heterocycles. The van der Waals surface area contributed by atoms with Crippen LogP contribution in [0, 0.1) is 23.7 Å². The van der Waals surface area contributed by atoms with Crippen molar-refractivity contribution in [1.29, 1.82) is 0 Å². The molecule has 0 radical (unpaired) electrons. The van der Waals surface area contributed by atoms with Crippen LogP contribution in [0.25, 0.3) is 5.57 Å². The fraction of sp³-hybridized carbons (Fsp3) is 0.630. The third-order valence-electron chi connectivity index (χ3n) is 6.85. The molecular formula is C27H40. The van der Waals surface area contributed by atoms with Gasteiger partial charge < -0.3 is 0 Å². The van der Waals surface area contributed by atoms with E-state index < -0.39 is 0 Å². The van der Waals surface area contributed by atoms with Crippen molar-refractivity contribution >= 4 is 5.57 Å². The van der Waals surface area contributed by atoms with Gasteiger partial charge in [-0.3, -0.25) is 0 Å². The van der Waals surface area contributed by atoms with Gasteiger partial charge in [0.2, 0.25) is 0 Å². The standard InChI is InChI=1S/C27H40/c1-17(2)19-12-20-10-18(3)11-24(25(20)15-19)21-13-22(26(4,5)6)16-23(14-21)27(7,8)9/h10-11,13-14,16-17,19-20,25H,12,15H2,1-9H3. The Hall–Kier alpha value is -1.30. The first-order valence-electron chi connectivity index (χ1n) is 10.9. The van der Waals surface area contributed by atoms with Crippen LogP contribution in [0.1, 0.15) is 91.8 Å². The third-order valence-corrected chi connectivity index (χ3v) is 6.85. The molecule has 3 atom stereocenters. The average molecular weight is 365 g/mol. The van der Waals surface area contributed by atoms with Gasteiger partial charge in [0, 0.05) is 0 Å². The van der Waals surface area contributed by atoms with Gasteiger partial charge in [-0.1, -0.05) is 91.3 Å². The molecule has 0 saturated heterocycles. The molecular weight excluding hydrogens is 324 g/mol. The Morgan fingerprint density at radius 2 is 1.41 bits per heavy atom. The highest BCUT2D eigenvalue weighted by molar-refractivity contribution is 5.73. The van der Waals surface area contributed by atoms with Gasteiger partial charge in [0.25, 0.3) is 0 Å². The number of hydrogen-bond donors (Lipinski definition) is 0. The van der Waals surface area contributed by atoms with Gasteiger partial charge in [-0.25, -0.2) is 0 Å². The highest BCUT2D eigenvalue weighted by Crippen LogP contribution is 2.50. The van der Waals surface area contributed by atoms with Gasteiger partial charge in [0.05, 0.1) is 0 Å². The summed E-state index contributed by atoms with van der Waals surface area (Å²) in [6, 6.07) is 7.41. The van der Waals surface area contributed by atoms with E-state index in [0.29, 0.717) is 5.92 Å². The Kier molecular flexibility index (Phi) is 5.26. The van der Waals surface area contributed by atoms with E-state index in [9.17, 15) is 0 Å². The average Bonchev–Trinajstić information content (AvgIpc) is 2.96. The fourth-order valence-electron chi connectivity index (χ4n) is 4.89. The van der Waals surface area contributed by atoms with Crippen LogP contribution in [0.15, 0.2) is 35.9 Å². The molecule has 0 amide bonds.